The summed E-state index contributed by atoms with van der Waals surface area (Å²) in [4.78, 5) is 4.54. The lowest BCUT2D eigenvalue weighted by Gasteiger charge is -2.05. The summed E-state index contributed by atoms with van der Waals surface area (Å²) in [5.41, 5.74) is 2.39. The molecule has 0 aliphatic rings. The van der Waals surface area contributed by atoms with Crippen molar-refractivity contribution in [2.45, 2.75) is 13.0 Å². The lowest BCUT2D eigenvalue weighted by Crippen LogP contribution is -1.90. The molecule has 1 atom stereocenters. The van der Waals surface area contributed by atoms with Crippen molar-refractivity contribution in [1.29, 1.82) is 0 Å². The van der Waals surface area contributed by atoms with Crippen LogP contribution in [-0.2, 0) is 0 Å². The monoisotopic (exact) mass is 209 g/mol. The maximum absolute atomic E-state index is 4.54. The molecule has 0 aliphatic carbocycles. The van der Waals surface area contributed by atoms with Crippen LogP contribution in [0.25, 0.3) is 0 Å². The lowest BCUT2D eigenvalue weighted by molar-refractivity contribution is 0.825. The van der Waals surface area contributed by atoms with Crippen LogP contribution in [0.15, 0.2) is 65.7 Å². The molecule has 0 aliphatic heterocycles. The van der Waals surface area contributed by atoms with Crippen LogP contribution in [0.3, 0.4) is 0 Å². The summed E-state index contributed by atoms with van der Waals surface area (Å²) in [5, 5.41) is 0. The Labute approximate surface area is 96.5 Å². The van der Waals surface area contributed by atoms with Crippen molar-refractivity contribution >= 4 is 6.21 Å². The Morgan fingerprint density at radius 2 is 1.44 bits per heavy atom. The molecule has 2 rings (SSSR count). The summed E-state index contributed by atoms with van der Waals surface area (Å²) in [5.74, 6) is 0. The fraction of sp³-hybridized carbons (Fsp3) is 0.133. The minimum atomic E-state index is 0.210. The zero-order valence-corrected chi connectivity index (χ0v) is 9.38. The maximum atomic E-state index is 4.54. The van der Waals surface area contributed by atoms with E-state index in [2.05, 4.69) is 36.2 Å². The molecule has 2 aromatic rings. The summed E-state index contributed by atoms with van der Waals surface area (Å²) in [6.07, 6.45) is 1.93. The molecular formula is C15H15N. The summed E-state index contributed by atoms with van der Waals surface area (Å²) < 4.78 is 0. The van der Waals surface area contributed by atoms with Crippen molar-refractivity contribution in [3.63, 3.8) is 0 Å². The summed E-state index contributed by atoms with van der Waals surface area (Å²) in [6.45, 7) is 2.11. The van der Waals surface area contributed by atoms with Crippen LogP contribution in [-0.4, -0.2) is 6.21 Å². The van der Waals surface area contributed by atoms with Crippen molar-refractivity contribution in [3.8, 4) is 0 Å². The normalized spacial score (nSPS) is 12.8. The van der Waals surface area contributed by atoms with Crippen LogP contribution in [0, 0.1) is 0 Å². The van der Waals surface area contributed by atoms with Gasteiger partial charge >= 0.3 is 0 Å². The highest BCUT2D eigenvalue weighted by Gasteiger charge is 1.99. The van der Waals surface area contributed by atoms with Crippen LogP contribution in [0.5, 0.6) is 0 Å². The molecule has 0 fully saturated rings. The van der Waals surface area contributed by atoms with Crippen LogP contribution in [0.4, 0.5) is 0 Å². The molecule has 16 heavy (non-hydrogen) atoms. The second kappa shape index (κ2) is 5.26. The number of nitrogens with zero attached hydrogens (tertiary/aromatic N) is 1. The Kier molecular flexibility index (Phi) is 3.50. The predicted molar refractivity (Wildman–Crippen MR) is 68.9 cm³/mol. The van der Waals surface area contributed by atoms with Crippen LogP contribution in [0.1, 0.15) is 24.1 Å². The molecule has 2 aromatic carbocycles. The van der Waals surface area contributed by atoms with Gasteiger partial charge in [-0.3, -0.25) is 4.99 Å². The quantitative estimate of drug-likeness (QED) is 0.680. The fourth-order valence-corrected chi connectivity index (χ4v) is 1.55. The van der Waals surface area contributed by atoms with Crippen LogP contribution < -0.4 is 0 Å². The largest absolute Gasteiger partial charge is 0.285 e. The first kappa shape index (κ1) is 10.6. The van der Waals surface area contributed by atoms with E-state index >= 15 is 0 Å². The third-order valence-electron chi connectivity index (χ3n) is 2.53. The highest BCUT2D eigenvalue weighted by atomic mass is 14.8. The molecule has 0 heterocycles. The summed E-state index contributed by atoms with van der Waals surface area (Å²) >= 11 is 0. The van der Waals surface area contributed by atoms with E-state index in [0.29, 0.717) is 0 Å². The van der Waals surface area contributed by atoms with Crippen molar-refractivity contribution in [2.24, 2.45) is 4.99 Å². The third-order valence-corrected chi connectivity index (χ3v) is 2.53. The molecule has 0 aromatic heterocycles. The van der Waals surface area contributed by atoms with Crippen molar-refractivity contribution in [1.82, 2.24) is 0 Å². The average Bonchev–Trinajstić information content (AvgIpc) is 2.38. The molecule has 1 nitrogen and oxygen atoms in total. The topological polar surface area (TPSA) is 12.4 Å². The van der Waals surface area contributed by atoms with Crippen LogP contribution in [0.2, 0.25) is 0 Å². The highest BCUT2D eigenvalue weighted by molar-refractivity contribution is 5.79. The van der Waals surface area contributed by atoms with Crippen LogP contribution >= 0.6 is 0 Å². The van der Waals surface area contributed by atoms with Gasteiger partial charge in [-0.2, -0.15) is 0 Å². The molecule has 0 saturated carbocycles. The van der Waals surface area contributed by atoms with Crippen molar-refractivity contribution < 1.29 is 0 Å². The van der Waals surface area contributed by atoms with Crippen molar-refractivity contribution in [2.75, 3.05) is 0 Å². The Hall–Kier alpha value is -1.89. The molecule has 1 heteroatoms. The summed E-state index contributed by atoms with van der Waals surface area (Å²) in [6, 6.07) is 20.7. The van der Waals surface area contributed by atoms with E-state index in [4.69, 9.17) is 0 Å². The van der Waals surface area contributed by atoms with Gasteiger partial charge in [0.2, 0.25) is 0 Å². The first-order valence-electron chi connectivity index (χ1n) is 5.49. The van der Waals surface area contributed by atoms with Gasteiger partial charge in [0, 0.05) is 6.21 Å². The molecule has 0 saturated heterocycles. The van der Waals surface area contributed by atoms with Gasteiger partial charge in [-0.1, -0.05) is 60.7 Å². The zero-order chi connectivity index (χ0) is 11.2. The molecule has 0 radical (unpaired) electrons. The number of aliphatic imine (C=N–C) groups is 1. The molecule has 1 unspecified atom stereocenters. The molecular weight excluding hydrogens is 194 g/mol. The Bertz CT molecular complexity index is 445. The van der Waals surface area contributed by atoms with Gasteiger partial charge < -0.3 is 0 Å². The van der Waals surface area contributed by atoms with E-state index in [1.165, 1.54) is 5.56 Å². The highest BCUT2D eigenvalue weighted by Crippen LogP contribution is 2.15. The Balaban J connectivity index is 2.08. The van der Waals surface area contributed by atoms with Gasteiger partial charge in [0.05, 0.1) is 6.04 Å². The Morgan fingerprint density at radius 3 is 2.06 bits per heavy atom. The van der Waals surface area contributed by atoms with Gasteiger partial charge in [0.1, 0.15) is 0 Å². The zero-order valence-electron chi connectivity index (χ0n) is 9.38. The Morgan fingerprint density at radius 1 is 0.875 bits per heavy atom. The molecule has 0 N–H and O–H groups in total. The number of benzene rings is 2. The van der Waals surface area contributed by atoms with E-state index in [1.54, 1.807) is 0 Å². The standard InChI is InChI=1S/C15H15N/c1-13(15-10-6-3-7-11-15)16-12-14-8-4-2-5-9-14/h2-13H,1H3. The van der Waals surface area contributed by atoms with E-state index in [-0.39, 0.29) is 6.04 Å². The first-order chi connectivity index (χ1) is 7.86. The van der Waals surface area contributed by atoms with Gasteiger partial charge in [-0.15, -0.1) is 0 Å². The smallest absolute Gasteiger partial charge is 0.0721 e. The minimum absolute atomic E-state index is 0.210. The summed E-state index contributed by atoms with van der Waals surface area (Å²) in [7, 11) is 0. The SMILES string of the molecule is CC(N=Cc1ccccc1)c1ccccc1. The predicted octanol–water partition coefficient (Wildman–Crippen LogP) is 3.87. The maximum Gasteiger partial charge on any atom is 0.0721 e. The first-order valence-corrected chi connectivity index (χ1v) is 5.49. The van der Waals surface area contributed by atoms with E-state index < -0.39 is 0 Å². The minimum Gasteiger partial charge on any atom is -0.285 e. The molecule has 0 bridgehead atoms. The van der Waals surface area contributed by atoms with E-state index in [1.807, 2.05) is 42.6 Å². The second-order valence-electron chi connectivity index (χ2n) is 3.78. The lowest BCUT2D eigenvalue weighted by atomic mass is 10.1. The average molecular weight is 209 g/mol. The fourth-order valence-electron chi connectivity index (χ4n) is 1.55. The van der Waals surface area contributed by atoms with E-state index in [0.717, 1.165) is 5.56 Å². The molecule has 0 amide bonds. The number of hydrogen-bond acceptors (Lipinski definition) is 1. The third kappa shape index (κ3) is 2.80. The molecule has 0 spiro atoms. The van der Waals surface area contributed by atoms with Gasteiger partial charge in [0.15, 0.2) is 0 Å². The number of rotatable bonds is 3. The van der Waals surface area contributed by atoms with Gasteiger partial charge in [0.25, 0.3) is 0 Å². The second-order valence-corrected chi connectivity index (χ2v) is 3.78. The van der Waals surface area contributed by atoms with Crippen molar-refractivity contribution in [3.05, 3.63) is 71.8 Å². The van der Waals surface area contributed by atoms with Gasteiger partial charge in [-0.25, -0.2) is 0 Å². The van der Waals surface area contributed by atoms with E-state index in [9.17, 15) is 0 Å². The number of hydrogen-bond donors (Lipinski definition) is 0. The van der Waals surface area contributed by atoms with Gasteiger partial charge in [-0.05, 0) is 18.1 Å². The molecule has 80 valence electrons.